The quantitative estimate of drug-likeness (QED) is 0.588. The summed E-state index contributed by atoms with van der Waals surface area (Å²) in [5.41, 5.74) is 1.51. The molecule has 1 aromatic carbocycles. The Hall–Kier alpha value is -0.670. The summed E-state index contributed by atoms with van der Waals surface area (Å²) >= 11 is 3.30. The van der Waals surface area contributed by atoms with E-state index in [1.165, 1.54) is 0 Å². The van der Waals surface area contributed by atoms with Crippen molar-refractivity contribution < 1.29 is 9.53 Å². The molecule has 0 saturated heterocycles. The molecule has 2 nitrogen and oxygen atoms in total. The third kappa shape index (κ3) is 1.93. The maximum atomic E-state index is 10.6. The van der Waals surface area contributed by atoms with Crippen molar-refractivity contribution in [3.8, 4) is 0 Å². The minimum atomic E-state index is -0.209. The molecule has 0 N–H and O–H groups in total. The van der Waals surface area contributed by atoms with Gasteiger partial charge < -0.3 is 4.74 Å². The van der Waals surface area contributed by atoms with Crippen LogP contribution in [0.15, 0.2) is 24.3 Å². The van der Waals surface area contributed by atoms with Gasteiger partial charge >= 0.3 is 0 Å². The molecule has 0 aliphatic heterocycles. The average molecular weight is 229 g/mol. The predicted molar refractivity (Wildman–Crippen MR) is 50.5 cm³/mol. The number of carbonyl (C=O) groups excluding carboxylic acids is 1. The molecule has 0 radical (unpaired) electrons. The van der Waals surface area contributed by atoms with Crippen LogP contribution in [0.2, 0.25) is 0 Å². The second-order valence-electron chi connectivity index (χ2n) is 2.30. The molecule has 0 fully saturated rings. The summed E-state index contributed by atoms with van der Waals surface area (Å²) < 4.78 is 5.04. The van der Waals surface area contributed by atoms with Crippen molar-refractivity contribution in [1.29, 1.82) is 0 Å². The molecule has 1 atom stereocenters. The molecule has 0 heterocycles. The summed E-state index contributed by atoms with van der Waals surface area (Å²) in [4.78, 5) is 10.6. The number of aldehydes is 1. The van der Waals surface area contributed by atoms with Gasteiger partial charge in [0.2, 0.25) is 0 Å². The Morgan fingerprint density at radius 1 is 1.50 bits per heavy atom. The number of carbonyl (C=O) groups is 1. The van der Waals surface area contributed by atoms with Crippen molar-refractivity contribution in [1.82, 2.24) is 0 Å². The summed E-state index contributed by atoms with van der Waals surface area (Å²) in [7, 11) is 1.58. The Balaban J connectivity index is 3.04. The molecule has 0 amide bonds. The molecule has 0 bridgehead atoms. The van der Waals surface area contributed by atoms with E-state index in [4.69, 9.17) is 4.74 Å². The minimum absolute atomic E-state index is 0.209. The van der Waals surface area contributed by atoms with Crippen LogP contribution in [-0.2, 0) is 4.74 Å². The zero-order chi connectivity index (χ0) is 8.97. The molecular formula is C9H9BrO2. The molecule has 0 aliphatic carbocycles. The molecule has 0 aromatic heterocycles. The lowest BCUT2D eigenvalue weighted by Gasteiger charge is -2.09. The third-order valence-electron chi connectivity index (χ3n) is 1.57. The van der Waals surface area contributed by atoms with Gasteiger partial charge in [-0.05, 0) is 0 Å². The van der Waals surface area contributed by atoms with Gasteiger partial charge in [-0.2, -0.15) is 0 Å². The first-order chi connectivity index (χ1) is 5.79. The predicted octanol–water partition coefficient (Wildman–Crippen LogP) is 2.54. The van der Waals surface area contributed by atoms with Crippen LogP contribution < -0.4 is 0 Å². The number of rotatable bonds is 3. The normalized spacial score (nSPS) is 12.5. The molecule has 12 heavy (non-hydrogen) atoms. The van der Waals surface area contributed by atoms with Crippen LogP contribution in [0.25, 0.3) is 0 Å². The molecule has 1 unspecified atom stereocenters. The van der Waals surface area contributed by atoms with Gasteiger partial charge in [-0.25, -0.2) is 0 Å². The number of hydrogen-bond acceptors (Lipinski definition) is 2. The standard InChI is InChI=1S/C9H9BrO2/c1-12-9(10)8-5-3-2-4-7(8)6-11/h2-6,9H,1H3. The fourth-order valence-corrected chi connectivity index (χ4v) is 1.37. The van der Waals surface area contributed by atoms with E-state index in [-0.39, 0.29) is 5.01 Å². The van der Waals surface area contributed by atoms with Gasteiger partial charge in [-0.3, -0.25) is 4.79 Å². The molecular weight excluding hydrogens is 220 g/mol. The van der Waals surface area contributed by atoms with E-state index in [0.717, 1.165) is 11.8 Å². The first kappa shape index (κ1) is 9.42. The van der Waals surface area contributed by atoms with Gasteiger partial charge in [0.1, 0.15) is 11.3 Å². The van der Waals surface area contributed by atoms with E-state index in [1.54, 1.807) is 13.2 Å². The molecule has 0 aliphatic rings. The van der Waals surface area contributed by atoms with Crippen molar-refractivity contribution in [3.63, 3.8) is 0 Å². The minimum Gasteiger partial charge on any atom is -0.365 e. The largest absolute Gasteiger partial charge is 0.365 e. The van der Waals surface area contributed by atoms with E-state index in [1.807, 2.05) is 18.2 Å². The van der Waals surface area contributed by atoms with Gasteiger partial charge in [0.25, 0.3) is 0 Å². The number of benzene rings is 1. The summed E-state index contributed by atoms with van der Waals surface area (Å²) in [6.07, 6.45) is 0.822. The lowest BCUT2D eigenvalue weighted by Crippen LogP contribution is -1.96. The second kappa shape index (κ2) is 4.38. The van der Waals surface area contributed by atoms with Crippen molar-refractivity contribution in [2.45, 2.75) is 5.01 Å². The highest BCUT2D eigenvalue weighted by Gasteiger charge is 2.08. The highest BCUT2D eigenvalue weighted by Crippen LogP contribution is 2.25. The van der Waals surface area contributed by atoms with Crippen LogP contribution in [0, 0.1) is 0 Å². The van der Waals surface area contributed by atoms with Crippen LogP contribution in [0.4, 0.5) is 0 Å². The highest BCUT2D eigenvalue weighted by molar-refractivity contribution is 9.09. The van der Waals surface area contributed by atoms with Crippen molar-refractivity contribution in [2.24, 2.45) is 0 Å². The third-order valence-corrected chi connectivity index (χ3v) is 2.44. The van der Waals surface area contributed by atoms with Gasteiger partial charge in [0.05, 0.1) is 0 Å². The summed E-state index contributed by atoms with van der Waals surface area (Å²) in [5.74, 6) is 0. The Bertz CT molecular complexity index is 273. The number of methoxy groups -OCH3 is 1. The first-order valence-corrected chi connectivity index (χ1v) is 4.42. The summed E-state index contributed by atoms with van der Waals surface area (Å²) in [6, 6.07) is 7.31. The Kier molecular flexibility index (Phi) is 3.44. The summed E-state index contributed by atoms with van der Waals surface area (Å²) in [6.45, 7) is 0. The van der Waals surface area contributed by atoms with Gasteiger partial charge in [-0.15, -0.1) is 0 Å². The molecule has 3 heteroatoms. The zero-order valence-electron chi connectivity index (χ0n) is 6.66. The molecule has 1 aromatic rings. The van der Waals surface area contributed by atoms with Crippen LogP contribution >= 0.6 is 15.9 Å². The maximum absolute atomic E-state index is 10.6. The number of ether oxygens (including phenoxy) is 1. The first-order valence-electron chi connectivity index (χ1n) is 3.50. The van der Waals surface area contributed by atoms with Crippen LogP contribution in [0.1, 0.15) is 20.9 Å². The van der Waals surface area contributed by atoms with E-state index < -0.39 is 0 Å². The zero-order valence-corrected chi connectivity index (χ0v) is 8.24. The van der Waals surface area contributed by atoms with Crippen LogP contribution in [0.3, 0.4) is 0 Å². The second-order valence-corrected chi connectivity index (χ2v) is 3.13. The number of alkyl halides is 1. The number of hydrogen-bond donors (Lipinski definition) is 0. The van der Waals surface area contributed by atoms with Crippen LogP contribution in [0.5, 0.6) is 0 Å². The maximum Gasteiger partial charge on any atom is 0.150 e. The average Bonchev–Trinajstić information content (AvgIpc) is 2.16. The monoisotopic (exact) mass is 228 g/mol. The molecule has 0 spiro atoms. The molecule has 1 rings (SSSR count). The van der Waals surface area contributed by atoms with E-state index in [9.17, 15) is 4.79 Å². The van der Waals surface area contributed by atoms with Crippen molar-refractivity contribution >= 4 is 22.2 Å². The van der Waals surface area contributed by atoms with Crippen molar-refractivity contribution in [2.75, 3.05) is 7.11 Å². The lowest BCUT2D eigenvalue weighted by molar-refractivity contribution is 0.111. The topological polar surface area (TPSA) is 26.3 Å². The smallest absolute Gasteiger partial charge is 0.150 e. The number of halogens is 1. The van der Waals surface area contributed by atoms with Gasteiger partial charge in [0, 0.05) is 18.2 Å². The van der Waals surface area contributed by atoms with Crippen molar-refractivity contribution in [3.05, 3.63) is 35.4 Å². The Labute approximate surface area is 79.7 Å². The summed E-state index contributed by atoms with van der Waals surface area (Å²) in [5, 5.41) is -0.209. The molecule has 64 valence electrons. The Morgan fingerprint density at radius 3 is 2.75 bits per heavy atom. The fourth-order valence-electron chi connectivity index (χ4n) is 0.952. The van der Waals surface area contributed by atoms with Gasteiger partial charge in [-0.1, -0.05) is 40.2 Å². The molecule has 0 saturated carbocycles. The van der Waals surface area contributed by atoms with E-state index in [0.29, 0.717) is 5.56 Å². The van der Waals surface area contributed by atoms with Crippen LogP contribution in [-0.4, -0.2) is 13.4 Å². The van der Waals surface area contributed by atoms with E-state index >= 15 is 0 Å². The Morgan fingerprint density at radius 2 is 2.17 bits per heavy atom. The highest BCUT2D eigenvalue weighted by atomic mass is 79.9. The lowest BCUT2D eigenvalue weighted by atomic mass is 10.1. The fraction of sp³-hybridized carbons (Fsp3) is 0.222. The SMILES string of the molecule is COC(Br)c1ccccc1C=O. The van der Waals surface area contributed by atoms with E-state index in [2.05, 4.69) is 15.9 Å². The van der Waals surface area contributed by atoms with Gasteiger partial charge in [0.15, 0.2) is 0 Å².